The van der Waals surface area contributed by atoms with Crippen molar-refractivity contribution in [1.82, 2.24) is 0 Å². The predicted octanol–water partition coefficient (Wildman–Crippen LogP) is 6.93. The van der Waals surface area contributed by atoms with Crippen molar-refractivity contribution in [3.05, 3.63) is 145 Å². The standard InChI is InChI=1S/C48H46Si.2ClH.Zr/c1-7-31(3)43-29-35-21-15-27-41(39-25-13-19-33-17-9-11-23-37(33)39)45(35)47(43)49(5,6)48-44(32(4)8-2)30-36-22-16-28-42(46(36)48)40-26-14-20-34-18-10-12-24-38(34)40;;;/h9-32H,7-8H2,1-6H3;2*1H;/q-2;;;+4/p-2. The van der Waals surface area contributed by atoms with Crippen LogP contribution in [-0.2, 0) is 26.2 Å². The molecule has 0 nitrogen and oxygen atoms in total. The Morgan fingerprint density at radius 2 is 0.827 bits per heavy atom. The first-order valence-corrected chi connectivity index (χ1v) is 21.2. The van der Waals surface area contributed by atoms with E-state index in [1.807, 2.05) is 0 Å². The molecule has 0 N–H and O–H groups in total. The number of hydrogen-bond acceptors (Lipinski definition) is 0. The van der Waals surface area contributed by atoms with Crippen molar-refractivity contribution in [2.24, 2.45) is 0 Å². The predicted molar refractivity (Wildman–Crippen MR) is 219 cm³/mol. The molecule has 0 spiro atoms. The summed E-state index contributed by atoms with van der Waals surface area (Å²) in [5, 5.41) is 14.2. The molecular formula is C48H46Cl2SiZr. The average molecular weight is 813 g/mol. The summed E-state index contributed by atoms with van der Waals surface area (Å²) in [5.41, 5.74) is 8.51. The number of rotatable bonds is 8. The molecule has 0 fully saturated rings. The molecule has 0 saturated carbocycles. The molecule has 8 aromatic carbocycles. The van der Waals surface area contributed by atoms with Crippen LogP contribution in [0.2, 0.25) is 13.1 Å². The van der Waals surface area contributed by atoms with Crippen molar-refractivity contribution in [2.75, 3.05) is 0 Å². The van der Waals surface area contributed by atoms with E-state index in [2.05, 4.69) is 174 Å². The van der Waals surface area contributed by atoms with Crippen LogP contribution in [0, 0.1) is 0 Å². The summed E-state index contributed by atoms with van der Waals surface area (Å²) in [7, 11) is -2.39. The minimum absolute atomic E-state index is 0. The second-order valence-electron chi connectivity index (χ2n) is 14.8. The molecule has 260 valence electrons. The van der Waals surface area contributed by atoms with Crippen molar-refractivity contribution in [1.29, 1.82) is 0 Å². The molecule has 0 aromatic heterocycles. The SMILES string of the molecule is CCC(C)c1[cH-]c2cccc(-c3cccc4ccccc34)c2c1[Si](C)(C)c1c(C(C)CC)[cH-]c2cccc(-c3cccc4ccccc34)c12.[Cl-].[Cl-].[Zr+4]. The largest absolute Gasteiger partial charge is 4.00 e. The summed E-state index contributed by atoms with van der Waals surface area (Å²) < 4.78 is 0. The average Bonchev–Trinajstić information content (AvgIpc) is 3.75. The first kappa shape index (κ1) is 39.9. The summed E-state index contributed by atoms with van der Waals surface area (Å²) in [4.78, 5) is 0. The minimum atomic E-state index is -2.39. The maximum atomic E-state index is 2.66. The van der Waals surface area contributed by atoms with Gasteiger partial charge in [-0.15, -0.1) is 69.1 Å². The van der Waals surface area contributed by atoms with Gasteiger partial charge in [-0.1, -0.05) is 162 Å². The topological polar surface area (TPSA) is 0 Å². The smallest absolute Gasteiger partial charge is 1.00 e. The van der Waals surface area contributed by atoms with E-state index in [4.69, 9.17) is 0 Å². The molecule has 8 aromatic rings. The van der Waals surface area contributed by atoms with E-state index >= 15 is 0 Å². The zero-order valence-corrected chi connectivity index (χ0v) is 36.0. The Bertz CT molecular complexity index is 2320. The van der Waals surface area contributed by atoms with E-state index in [1.54, 1.807) is 21.5 Å². The van der Waals surface area contributed by atoms with Gasteiger partial charge >= 0.3 is 26.2 Å². The van der Waals surface area contributed by atoms with Crippen molar-refractivity contribution in [2.45, 2.75) is 65.5 Å². The third kappa shape index (κ3) is 6.49. The first-order valence-electron chi connectivity index (χ1n) is 18.2. The minimum Gasteiger partial charge on any atom is -1.00 e. The molecule has 2 atom stereocenters. The molecule has 0 heterocycles. The van der Waals surface area contributed by atoms with Gasteiger partial charge in [-0.25, -0.2) is 0 Å². The van der Waals surface area contributed by atoms with Gasteiger partial charge in [0.15, 0.2) is 0 Å². The van der Waals surface area contributed by atoms with E-state index in [-0.39, 0.29) is 51.0 Å². The fourth-order valence-electron chi connectivity index (χ4n) is 8.77. The van der Waals surface area contributed by atoms with E-state index in [9.17, 15) is 0 Å². The van der Waals surface area contributed by atoms with Gasteiger partial charge in [0.05, 0.1) is 0 Å². The van der Waals surface area contributed by atoms with Gasteiger partial charge < -0.3 is 24.8 Å². The molecular weight excluding hydrogens is 767 g/mol. The van der Waals surface area contributed by atoms with Gasteiger partial charge in [0.25, 0.3) is 0 Å². The Morgan fingerprint density at radius 1 is 0.481 bits per heavy atom. The van der Waals surface area contributed by atoms with Gasteiger partial charge in [-0.3, -0.25) is 0 Å². The molecule has 8 rings (SSSR count). The molecule has 0 bridgehead atoms. The maximum absolute atomic E-state index is 2.66. The van der Waals surface area contributed by atoms with E-state index < -0.39 is 8.07 Å². The summed E-state index contributed by atoms with van der Waals surface area (Å²) in [6.45, 7) is 14.9. The van der Waals surface area contributed by atoms with Crippen LogP contribution in [0.4, 0.5) is 0 Å². The number of benzene rings is 6. The summed E-state index contributed by atoms with van der Waals surface area (Å²) in [6.07, 6.45) is 2.25. The van der Waals surface area contributed by atoms with Crippen molar-refractivity contribution < 1.29 is 51.0 Å². The molecule has 2 unspecified atom stereocenters. The van der Waals surface area contributed by atoms with Crippen LogP contribution in [-0.4, -0.2) is 8.07 Å². The molecule has 0 aliphatic heterocycles. The maximum Gasteiger partial charge on any atom is 4.00 e. The van der Waals surface area contributed by atoms with Crippen LogP contribution in [0.5, 0.6) is 0 Å². The molecule has 0 aliphatic carbocycles. The third-order valence-corrected chi connectivity index (χ3v) is 15.2. The Hall–Kier alpha value is -3.26. The van der Waals surface area contributed by atoms with Crippen LogP contribution >= 0.6 is 0 Å². The van der Waals surface area contributed by atoms with Gasteiger partial charge in [0.1, 0.15) is 0 Å². The van der Waals surface area contributed by atoms with Gasteiger partial charge in [-0.05, 0) is 44.5 Å². The summed E-state index contributed by atoms with van der Waals surface area (Å²) in [5.74, 6) is 0.945. The monoisotopic (exact) mass is 810 g/mol. The van der Waals surface area contributed by atoms with Crippen molar-refractivity contribution in [3.8, 4) is 22.3 Å². The Labute approximate surface area is 342 Å². The third-order valence-electron chi connectivity index (χ3n) is 11.6. The Kier molecular flexibility index (Phi) is 12.3. The fraction of sp³-hybridized carbons (Fsp3) is 0.208. The van der Waals surface area contributed by atoms with Gasteiger partial charge in [0.2, 0.25) is 0 Å². The van der Waals surface area contributed by atoms with Gasteiger partial charge in [0, 0.05) is 8.07 Å². The zero-order valence-electron chi connectivity index (χ0n) is 31.0. The van der Waals surface area contributed by atoms with Crippen LogP contribution in [0.3, 0.4) is 0 Å². The van der Waals surface area contributed by atoms with E-state index in [1.165, 1.54) is 65.3 Å². The molecule has 0 amide bonds. The quantitative estimate of drug-likeness (QED) is 0.116. The summed E-state index contributed by atoms with van der Waals surface area (Å²) in [6, 6.07) is 50.6. The molecule has 4 heteroatoms. The van der Waals surface area contributed by atoms with Gasteiger partial charge in [-0.2, -0.15) is 10.4 Å². The first-order chi connectivity index (χ1) is 23.8. The number of hydrogen-bond donors (Lipinski definition) is 0. The van der Waals surface area contributed by atoms with Crippen molar-refractivity contribution >= 4 is 61.5 Å². The second-order valence-corrected chi connectivity index (χ2v) is 19.0. The molecule has 0 aliphatic rings. The number of fused-ring (bicyclic) bond motifs is 4. The van der Waals surface area contributed by atoms with E-state index in [0.717, 1.165) is 12.8 Å². The molecule has 52 heavy (non-hydrogen) atoms. The zero-order chi connectivity index (χ0) is 33.9. The fourth-order valence-corrected chi connectivity index (χ4v) is 12.9. The van der Waals surface area contributed by atoms with Crippen LogP contribution < -0.4 is 35.2 Å². The van der Waals surface area contributed by atoms with Crippen molar-refractivity contribution in [3.63, 3.8) is 0 Å². The second kappa shape index (κ2) is 16.0. The normalized spacial score (nSPS) is 12.7. The van der Waals surface area contributed by atoms with Crippen LogP contribution in [0.1, 0.15) is 63.5 Å². The molecule has 0 saturated heterocycles. The summed E-state index contributed by atoms with van der Waals surface area (Å²) >= 11 is 0. The van der Waals surface area contributed by atoms with E-state index in [0.29, 0.717) is 11.8 Å². The number of halogens is 2. The Balaban J connectivity index is 0.00000174. The van der Waals surface area contributed by atoms with Crippen LogP contribution in [0.25, 0.3) is 65.3 Å². The molecule has 0 radical (unpaired) electrons. The Morgan fingerprint density at radius 3 is 1.23 bits per heavy atom. The van der Waals surface area contributed by atoms with Crippen LogP contribution in [0.15, 0.2) is 133 Å².